The van der Waals surface area contributed by atoms with Gasteiger partial charge < -0.3 is 19.9 Å². The maximum Gasteiger partial charge on any atom is 0.312 e. The number of benzene rings is 1. The first-order valence-electron chi connectivity index (χ1n) is 22.0. The number of allylic oxidation sites excluding steroid dienone is 1. The Bertz CT molecular complexity index is 1770. The molecule has 1 aromatic rings. The topological polar surface area (TPSA) is 102 Å². The van der Waals surface area contributed by atoms with Gasteiger partial charge in [0.25, 0.3) is 0 Å². The van der Waals surface area contributed by atoms with Gasteiger partial charge in [0.05, 0.1) is 17.9 Å². The number of Topliss-reactive ketones (excluding diaryl/α,β-unsaturated/α-hetero) is 1. The Labute approximate surface area is 349 Å². The van der Waals surface area contributed by atoms with E-state index >= 15 is 0 Å². The van der Waals surface area contributed by atoms with Crippen LogP contribution in [0.15, 0.2) is 35.4 Å². The van der Waals surface area contributed by atoms with E-state index in [9.17, 15) is 19.5 Å². The van der Waals surface area contributed by atoms with Crippen molar-refractivity contribution < 1.29 is 29.0 Å². The van der Waals surface area contributed by atoms with Crippen molar-refractivity contribution in [2.45, 2.75) is 179 Å². The second kappa shape index (κ2) is 14.8. The van der Waals surface area contributed by atoms with E-state index in [1.54, 1.807) is 13.8 Å². The van der Waals surface area contributed by atoms with E-state index in [1.807, 2.05) is 45.0 Å². The lowest BCUT2D eigenvalue weighted by Crippen LogP contribution is -2.69. The van der Waals surface area contributed by atoms with E-state index in [-0.39, 0.29) is 69.2 Å². The molecule has 0 aromatic heterocycles. The second-order valence-electron chi connectivity index (χ2n) is 22.6. The number of nitrogens with one attached hydrogen (secondary N) is 1. The van der Waals surface area contributed by atoms with Gasteiger partial charge in [-0.15, -0.1) is 0 Å². The minimum Gasteiger partial charge on any atom is -0.462 e. The maximum absolute atomic E-state index is 14.1. The van der Waals surface area contributed by atoms with Crippen molar-refractivity contribution in [3.8, 4) is 0 Å². The Hall–Kier alpha value is -2.22. The fraction of sp³-hybridized carbons (Fsp3) is 0.776. The zero-order valence-corrected chi connectivity index (χ0v) is 38.3. The van der Waals surface area contributed by atoms with Gasteiger partial charge in [-0.05, 0) is 149 Å². The number of fused-ring (bicyclic) bond motifs is 7. The average Bonchev–Trinajstić information content (AvgIpc) is 3.41. The van der Waals surface area contributed by atoms with Gasteiger partial charge in [0, 0.05) is 35.4 Å². The Morgan fingerprint density at radius 1 is 0.877 bits per heavy atom. The van der Waals surface area contributed by atoms with Gasteiger partial charge in [0.2, 0.25) is 0 Å². The third-order valence-electron chi connectivity index (χ3n) is 17.6. The zero-order valence-electron chi connectivity index (χ0n) is 37.5. The number of ketones is 1. The van der Waals surface area contributed by atoms with Crippen LogP contribution in [0.25, 0.3) is 0 Å². The number of halogens is 1. The molecule has 5 aliphatic carbocycles. The van der Waals surface area contributed by atoms with Crippen molar-refractivity contribution >= 4 is 29.3 Å². The lowest BCUT2D eigenvalue weighted by molar-refractivity contribution is -0.272. The highest BCUT2D eigenvalue weighted by atomic mass is 35.5. The predicted octanol–water partition coefficient (Wildman–Crippen LogP) is 10.8. The monoisotopic (exact) mass is 808 g/mol. The summed E-state index contributed by atoms with van der Waals surface area (Å²) in [7, 11) is 0. The quantitative estimate of drug-likeness (QED) is 0.227. The predicted molar refractivity (Wildman–Crippen MR) is 227 cm³/mol. The van der Waals surface area contributed by atoms with Crippen molar-refractivity contribution in [1.82, 2.24) is 5.32 Å². The summed E-state index contributed by atoms with van der Waals surface area (Å²) in [5.74, 6) is 0.332. The molecule has 0 bridgehead atoms. The van der Waals surface area contributed by atoms with E-state index < -0.39 is 22.5 Å². The van der Waals surface area contributed by atoms with E-state index in [2.05, 4.69) is 60.7 Å². The van der Waals surface area contributed by atoms with Crippen LogP contribution in [0.3, 0.4) is 0 Å². The highest BCUT2D eigenvalue weighted by Gasteiger charge is 2.73. The highest BCUT2D eigenvalue weighted by molar-refractivity contribution is 6.30. The summed E-state index contributed by atoms with van der Waals surface area (Å²) in [6.07, 6.45) is 7.26. The smallest absolute Gasteiger partial charge is 0.312 e. The van der Waals surface area contributed by atoms with Crippen LogP contribution < -0.4 is 5.32 Å². The minimum absolute atomic E-state index is 0.0105. The summed E-state index contributed by atoms with van der Waals surface area (Å²) in [4.78, 5) is 40.8. The van der Waals surface area contributed by atoms with E-state index in [0.29, 0.717) is 30.5 Å². The second-order valence-corrected chi connectivity index (χ2v) is 23.0. The van der Waals surface area contributed by atoms with Crippen LogP contribution in [-0.2, 0) is 30.4 Å². The van der Waals surface area contributed by atoms with Crippen LogP contribution in [0.2, 0.25) is 5.02 Å². The van der Waals surface area contributed by atoms with Crippen LogP contribution in [0.1, 0.15) is 160 Å². The van der Waals surface area contributed by atoms with Crippen LogP contribution in [0, 0.1) is 55.7 Å². The van der Waals surface area contributed by atoms with Gasteiger partial charge in [0.15, 0.2) is 5.78 Å². The summed E-state index contributed by atoms with van der Waals surface area (Å²) in [5, 5.41) is 16.5. The fourth-order valence-electron chi connectivity index (χ4n) is 13.6. The largest absolute Gasteiger partial charge is 0.462 e. The summed E-state index contributed by atoms with van der Waals surface area (Å²) in [6.45, 7) is 29.2. The van der Waals surface area contributed by atoms with E-state index in [1.165, 1.54) is 5.57 Å². The zero-order chi connectivity index (χ0) is 42.4. The number of hydrogen-bond acceptors (Lipinski definition) is 7. The Kier molecular flexibility index (Phi) is 11.5. The number of hydrogen-bond donors (Lipinski definition) is 2. The van der Waals surface area contributed by atoms with Crippen molar-refractivity contribution in [3.63, 3.8) is 0 Å². The Balaban J connectivity index is 1.24. The van der Waals surface area contributed by atoms with Crippen molar-refractivity contribution in [2.24, 2.45) is 55.7 Å². The molecule has 9 atom stereocenters. The molecular weight excluding hydrogens is 734 g/mol. The third kappa shape index (κ3) is 7.07. The third-order valence-corrected chi connectivity index (χ3v) is 17.8. The van der Waals surface area contributed by atoms with Crippen molar-refractivity contribution in [3.05, 3.63) is 46.0 Å². The first-order chi connectivity index (χ1) is 26.2. The number of carbonyl (C=O) groups excluding carboxylic acids is 3. The molecule has 8 heteroatoms. The first-order valence-corrected chi connectivity index (χ1v) is 22.4. The van der Waals surface area contributed by atoms with Crippen LogP contribution in [0.5, 0.6) is 0 Å². The Morgan fingerprint density at radius 3 is 2.12 bits per heavy atom. The molecular formula is C49H74ClNO6. The molecule has 4 saturated carbocycles. The molecule has 0 amide bonds. The van der Waals surface area contributed by atoms with Crippen LogP contribution in [-0.4, -0.2) is 47.2 Å². The van der Waals surface area contributed by atoms with Gasteiger partial charge >= 0.3 is 11.9 Å². The number of rotatable bonds is 10. The van der Waals surface area contributed by atoms with Gasteiger partial charge in [-0.25, -0.2) is 0 Å². The average molecular weight is 809 g/mol. The number of aliphatic hydroxyl groups is 1. The molecule has 57 heavy (non-hydrogen) atoms. The highest BCUT2D eigenvalue weighted by Crippen LogP contribution is 2.79. The van der Waals surface area contributed by atoms with E-state index in [4.69, 9.17) is 21.1 Å². The number of esters is 2. The molecule has 318 valence electrons. The number of carbonyl (C=O) groups is 3. The fourth-order valence-corrected chi connectivity index (χ4v) is 13.8. The molecule has 0 spiro atoms. The summed E-state index contributed by atoms with van der Waals surface area (Å²) in [5.41, 5.74) is 0.885. The van der Waals surface area contributed by atoms with Gasteiger partial charge in [-0.2, -0.15) is 0 Å². The number of ether oxygens (including phenoxy) is 2. The van der Waals surface area contributed by atoms with E-state index in [0.717, 1.165) is 62.5 Å². The Morgan fingerprint density at radius 2 is 1.51 bits per heavy atom. The molecule has 0 radical (unpaired) electrons. The summed E-state index contributed by atoms with van der Waals surface area (Å²) >= 11 is 6.13. The van der Waals surface area contributed by atoms with Gasteiger partial charge in [0.1, 0.15) is 11.7 Å². The van der Waals surface area contributed by atoms with Gasteiger partial charge in [-0.1, -0.05) is 84.7 Å². The minimum atomic E-state index is -0.987. The van der Waals surface area contributed by atoms with Crippen LogP contribution >= 0.6 is 11.6 Å². The lowest BCUT2D eigenvalue weighted by Gasteiger charge is -2.75. The lowest BCUT2D eigenvalue weighted by atomic mass is 9.29. The van der Waals surface area contributed by atoms with Crippen molar-refractivity contribution in [1.29, 1.82) is 0 Å². The molecule has 2 N–H and O–H groups in total. The molecule has 7 nitrogen and oxygen atoms in total. The summed E-state index contributed by atoms with van der Waals surface area (Å²) in [6, 6.07) is 7.81. The molecule has 9 unspecified atom stereocenters. The van der Waals surface area contributed by atoms with Crippen molar-refractivity contribution in [2.75, 3.05) is 6.54 Å². The summed E-state index contributed by atoms with van der Waals surface area (Å²) < 4.78 is 12.1. The molecule has 0 aliphatic heterocycles. The molecule has 0 heterocycles. The molecule has 6 rings (SSSR count). The molecule has 0 saturated heterocycles. The molecule has 5 aliphatic rings. The normalized spacial score (nSPS) is 36.8. The number of aliphatic hydroxyl groups excluding tert-OH is 1. The molecule has 1 aromatic carbocycles. The standard InChI is InChI=1S/C49H74ClNO6/c1-30(2)39-34(52)26-49(36(53)29-51-28-31-14-16-32(50)17-15-31)25-23-45(10)33(40(39)49)18-19-35-46(45,11)22-24-48(13)44(8,9)37(20-21-47(35,48)12)56-38(54)27-43(6,7)41(55)57-42(3,4)5/h14-17,30,33,35-37,51,53H,18-29H2,1-13H3. The van der Waals surface area contributed by atoms with Gasteiger partial charge in [-0.3, -0.25) is 14.4 Å². The van der Waals surface area contributed by atoms with Crippen LogP contribution in [0.4, 0.5) is 0 Å². The SMILES string of the molecule is CC(C)C1=C2C3CCC4C(C)(CCC5(C)C(C)(C)C(OC(=O)CC(C)(C)C(=O)OC(C)(C)C)CCC45C)C3(C)CCC2(C(O)CNCc2ccc(Cl)cc2)CC1=O. The maximum atomic E-state index is 14.1. The molecule has 4 fully saturated rings. The first kappa shape index (κ1) is 44.3.